The molecule has 148 valence electrons. The summed E-state index contributed by atoms with van der Waals surface area (Å²) in [7, 11) is 0. The fourth-order valence-corrected chi connectivity index (χ4v) is 3.43. The molecular formula is C19H28N4O4. The molecule has 0 heterocycles. The third-order valence-electron chi connectivity index (χ3n) is 4.83. The van der Waals surface area contributed by atoms with Gasteiger partial charge in [0, 0.05) is 0 Å². The maximum atomic E-state index is 12.6. The van der Waals surface area contributed by atoms with Gasteiger partial charge in [-0.2, -0.15) is 0 Å². The molecule has 8 heteroatoms. The summed E-state index contributed by atoms with van der Waals surface area (Å²) in [5.74, 6) is -0.221. The zero-order chi connectivity index (χ0) is 19.6. The van der Waals surface area contributed by atoms with Crippen LogP contribution in [0, 0.1) is 11.8 Å². The number of benzene rings is 1. The fraction of sp³-hybridized carbons (Fsp3) is 0.526. The number of hydrogen-bond acceptors (Lipinski definition) is 5. The van der Waals surface area contributed by atoms with Crippen molar-refractivity contribution in [3.8, 4) is 5.75 Å². The molecule has 0 aromatic heterocycles. The highest BCUT2D eigenvalue weighted by molar-refractivity contribution is 5.90. The van der Waals surface area contributed by atoms with Crippen LogP contribution in [0.25, 0.3) is 0 Å². The molecule has 0 radical (unpaired) electrons. The summed E-state index contributed by atoms with van der Waals surface area (Å²) >= 11 is 0. The molecule has 1 aromatic carbocycles. The Balaban J connectivity index is 1.95. The predicted molar refractivity (Wildman–Crippen MR) is 102 cm³/mol. The summed E-state index contributed by atoms with van der Waals surface area (Å²) < 4.78 is 0. The molecule has 0 saturated heterocycles. The zero-order valence-corrected chi connectivity index (χ0v) is 15.4. The van der Waals surface area contributed by atoms with Crippen LogP contribution in [0.1, 0.15) is 38.5 Å². The molecule has 2 rings (SSSR count). The number of carbonyl (C=O) groups is 2. The maximum absolute atomic E-state index is 12.6. The first-order chi connectivity index (χ1) is 13.0. The number of aliphatic imine (C=N–C) groups is 1. The predicted octanol–water partition coefficient (Wildman–Crippen LogP) is 1.93. The highest BCUT2D eigenvalue weighted by atomic mass is 16.5. The van der Waals surface area contributed by atoms with Crippen molar-refractivity contribution in [1.82, 2.24) is 10.4 Å². The van der Waals surface area contributed by atoms with Crippen LogP contribution in [0.5, 0.6) is 5.75 Å². The van der Waals surface area contributed by atoms with Crippen molar-refractivity contribution in [2.75, 3.05) is 13.1 Å². The quantitative estimate of drug-likeness (QED) is 0.172. The molecule has 2 amide bonds. The fourth-order valence-electron chi connectivity index (χ4n) is 3.43. The molecule has 1 aliphatic carbocycles. The van der Waals surface area contributed by atoms with Crippen LogP contribution in [0.2, 0.25) is 0 Å². The number of amidine groups is 1. The summed E-state index contributed by atoms with van der Waals surface area (Å²) in [6.45, 7) is -0.0385. The van der Waals surface area contributed by atoms with Gasteiger partial charge in [0.05, 0.1) is 19.0 Å². The first kappa shape index (κ1) is 20.7. The Morgan fingerprint density at radius 1 is 1.33 bits per heavy atom. The Hall–Kier alpha value is -2.61. The molecule has 1 aromatic rings. The minimum absolute atomic E-state index is 0.00357. The van der Waals surface area contributed by atoms with Crippen molar-refractivity contribution in [2.24, 2.45) is 22.6 Å². The lowest BCUT2D eigenvalue weighted by molar-refractivity contribution is -0.155. The van der Waals surface area contributed by atoms with Crippen LogP contribution in [0.4, 0.5) is 5.69 Å². The van der Waals surface area contributed by atoms with Gasteiger partial charge in [-0.25, -0.2) is 10.1 Å². The van der Waals surface area contributed by atoms with Gasteiger partial charge in [0.25, 0.3) is 0 Å². The molecule has 1 atom stereocenters. The summed E-state index contributed by atoms with van der Waals surface area (Å²) in [5.41, 5.74) is 6.17. The summed E-state index contributed by atoms with van der Waals surface area (Å²) in [6.07, 6.45) is 6.56. The second kappa shape index (κ2) is 10.5. The standard InChI is InChI=1S/C19H28N4O4/c20-18(22-16-8-4-5-9-17(16)25)11-21-19(26)15(12-23(27)13-24)10-14-6-2-1-3-7-14/h4-5,8-9,13-15,25,27H,1-3,6-7,10-12H2,(H2,20,22)(H,21,26)/t15-/m1/s1. The number of nitrogens with one attached hydrogen (secondary N) is 1. The number of carbonyl (C=O) groups excluding carboxylic acids is 2. The molecule has 0 spiro atoms. The molecule has 1 aliphatic rings. The van der Waals surface area contributed by atoms with E-state index in [9.17, 15) is 19.9 Å². The molecule has 0 bridgehead atoms. The third-order valence-corrected chi connectivity index (χ3v) is 4.83. The highest BCUT2D eigenvalue weighted by Crippen LogP contribution is 2.29. The minimum atomic E-state index is -0.513. The number of nitrogens with two attached hydrogens (primary N) is 1. The van der Waals surface area contributed by atoms with Gasteiger partial charge in [-0.3, -0.25) is 14.8 Å². The first-order valence-electron chi connectivity index (χ1n) is 9.29. The topological polar surface area (TPSA) is 128 Å². The third kappa shape index (κ3) is 6.90. The van der Waals surface area contributed by atoms with Gasteiger partial charge < -0.3 is 16.2 Å². The molecule has 27 heavy (non-hydrogen) atoms. The number of hydroxylamine groups is 2. The van der Waals surface area contributed by atoms with Crippen molar-refractivity contribution in [1.29, 1.82) is 0 Å². The number of hydrogen-bond donors (Lipinski definition) is 4. The van der Waals surface area contributed by atoms with Crippen molar-refractivity contribution in [3.63, 3.8) is 0 Å². The van der Waals surface area contributed by atoms with Crippen molar-refractivity contribution in [2.45, 2.75) is 38.5 Å². The normalized spacial score (nSPS) is 16.6. The number of amides is 2. The Labute approximate surface area is 159 Å². The summed E-state index contributed by atoms with van der Waals surface area (Å²) in [4.78, 5) is 27.4. The van der Waals surface area contributed by atoms with Crippen LogP contribution < -0.4 is 11.1 Å². The van der Waals surface area contributed by atoms with Gasteiger partial charge in [0.15, 0.2) is 0 Å². The maximum Gasteiger partial charge on any atom is 0.233 e. The minimum Gasteiger partial charge on any atom is -0.506 e. The van der Waals surface area contributed by atoms with Crippen LogP contribution in [0.15, 0.2) is 29.3 Å². The molecule has 1 fully saturated rings. The number of phenols is 1. The highest BCUT2D eigenvalue weighted by Gasteiger charge is 2.26. The van der Waals surface area contributed by atoms with Crippen LogP contribution in [0.3, 0.4) is 0 Å². The Morgan fingerprint density at radius 2 is 2.04 bits per heavy atom. The van der Waals surface area contributed by atoms with Crippen LogP contribution in [-0.4, -0.2) is 46.6 Å². The van der Waals surface area contributed by atoms with Gasteiger partial charge >= 0.3 is 0 Å². The molecule has 1 saturated carbocycles. The number of aromatic hydroxyl groups is 1. The van der Waals surface area contributed by atoms with Gasteiger partial charge in [0.1, 0.15) is 17.3 Å². The summed E-state index contributed by atoms with van der Waals surface area (Å²) in [6, 6.07) is 6.51. The van der Waals surface area contributed by atoms with Gasteiger partial charge in [0.2, 0.25) is 12.3 Å². The van der Waals surface area contributed by atoms with E-state index in [0.29, 0.717) is 29.5 Å². The number of para-hydroxylation sites is 2. The molecule has 5 N–H and O–H groups in total. The van der Waals surface area contributed by atoms with E-state index in [0.717, 1.165) is 25.7 Å². The Kier molecular flexibility index (Phi) is 8.06. The average Bonchev–Trinajstić information content (AvgIpc) is 2.68. The number of phenolic OH excluding ortho intramolecular Hbond substituents is 1. The molecule has 0 unspecified atom stereocenters. The van der Waals surface area contributed by atoms with E-state index in [2.05, 4.69) is 10.3 Å². The van der Waals surface area contributed by atoms with E-state index >= 15 is 0 Å². The first-order valence-corrected chi connectivity index (χ1v) is 9.29. The summed E-state index contributed by atoms with van der Waals surface area (Å²) in [5, 5.41) is 22.5. The Bertz CT molecular complexity index is 659. The van der Waals surface area contributed by atoms with E-state index in [1.54, 1.807) is 18.2 Å². The van der Waals surface area contributed by atoms with Crippen LogP contribution >= 0.6 is 0 Å². The largest absolute Gasteiger partial charge is 0.506 e. The molecule has 0 aliphatic heterocycles. The lowest BCUT2D eigenvalue weighted by Crippen LogP contribution is -2.42. The van der Waals surface area contributed by atoms with Crippen molar-refractivity contribution >= 4 is 23.8 Å². The zero-order valence-electron chi connectivity index (χ0n) is 15.4. The van der Waals surface area contributed by atoms with Gasteiger partial charge in [-0.15, -0.1) is 0 Å². The SMILES string of the molecule is NC(CNC(=O)[C@H](CC1CCCCC1)CN(O)C=O)=Nc1ccccc1O. The lowest BCUT2D eigenvalue weighted by atomic mass is 9.82. The number of nitrogens with zero attached hydrogens (tertiary/aromatic N) is 2. The van der Waals surface area contributed by atoms with E-state index in [1.165, 1.54) is 12.5 Å². The van der Waals surface area contributed by atoms with E-state index in [-0.39, 0.29) is 30.6 Å². The lowest BCUT2D eigenvalue weighted by Gasteiger charge is -2.27. The van der Waals surface area contributed by atoms with Gasteiger partial charge in [-0.05, 0) is 24.5 Å². The van der Waals surface area contributed by atoms with Crippen molar-refractivity contribution < 1.29 is 19.9 Å². The Morgan fingerprint density at radius 3 is 2.70 bits per heavy atom. The smallest absolute Gasteiger partial charge is 0.233 e. The number of rotatable bonds is 9. The monoisotopic (exact) mass is 376 g/mol. The van der Waals surface area contributed by atoms with E-state index in [1.807, 2.05) is 0 Å². The second-order valence-corrected chi connectivity index (χ2v) is 6.97. The molecular weight excluding hydrogens is 348 g/mol. The van der Waals surface area contributed by atoms with E-state index in [4.69, 9.17) is 5.73 Å². The average molecular weight is 376 g/mol. The second-order valence-electron chi connectivity index (χ2n) is 6.97. The molecule has 8 nitrogen and oxygen atoms in total. The van der Waals surface area contributed by atoms with Gasteiger partial charge in [-0.1, -0.05) is 44.2 Å². The van der Waals surface area contributed by atoms with Crippen molar-refractivity contribution in [3.05, 3.63) is 24.3 Å². The van der Waals surface area contributed by atoms with Crippen LogP contribution in [-0.2, 0) is 9.59 Å². The van der Waals surface area contributed by atoms with E-state index < -0.39 is 5.92 Å².